The van der Waals surface area contributed by atoms with E-state index in [-0.39, 0.29) is 0 Å². The molecule has 2 N–H and O–H groups in total. The average molecular weight is 227 g/mol. The van der Waals surface area contributed by atoms with E-state index in [1.165, 1.54) is 57.8 Å². The van der Waals surface area contributed by atoms with E-state index in [0.717, 1.165) is 13.0 Å². The Morgan fingerprint density at radius 1 is 1.19 bits per heavy atom. The SMILES string of the molecule is CCCCCCCCC(N)CC1CCCO1. The van der Waals surface area contributed by atoms with Crippen molar-refractivity contribution < 1.29 is 4.74 Å². The summed E-state index contributed by atoms with van der Waals surface area (Å²) in [6, 6.07) is 0.370. The molecule has 96 valence electrons. The highest BCUT2D eigenvalue weighted by Crippen LogP contribution is 2.18. The molecule has 2 unspecified atom stereocenters. The van der Waals surface area contributed by atoms with Crippen molar-refractivity contribution in [1.29, 1.82) is 0 Å². The molecule has 0 radical (unpaired) electrons. The first-order chi connectivity index (χ1) is 7.83. The van der Waals surface area contributed by atoms with Crippen LogP contribution in [0.15, 0.2) is 0 Å². The van der Waals surface area contributed by atoms with Gasteiger partial charge in [-0.25, -0.2) is 0 Å². The second-order valence-electron chi connectivity index (χ2n) is 5.19. The number of rotatable bonds is 9. The van der Waals surface area contributed by atoms with Gasteiger partial charge in [0.15, 0.2) is 0 Å². The minimum Gasteiger partial charge on any atom is -0.378 e. The van der Waals surface area contributed by atoms with Crippen LogP contribution in [0.1, 0.15) is 71.1 Å². The van der Waals surface area contributed by atoms with Crippen molar-refractivity contribution in [2.75, 3.05) is 6.61 Å². The van der Waals surface area contributed by atoms with Crippen LogP contribution < -0.4 is 5.73 Å². The molecule has 1 aliphatic rings. The highest BCUT2D eigenvalue weighted by molar-refractivity contribution is 4.72. The second-order valence-corrected chi connectivity index (χ2v) is 5.19. The second kappa shape index (κ2) is 9.00. The normalized spacial score (nSPS) is 22.5. The monoisotopic (exact) mass is 227 g/mol. The van der Waals surface area contributed by atoms with Gasteiger partial charge in [-0.2, -0.15) is 0 Å². The van der Waals surface area contributed by atoms with E-state index in [0.29, 0.717) is 12.1 Å². The highest BCUT2D eigenvalue weighted by atomic mass is 16.5. The molecular formula is C14H29NO. The molecule has 0 saturated carbocycles. The van der Waals surface area contributed by atoms with Gasteiger partial charge in [-0.15, -0.1) is 0 Å². The standard InChI is InChI=1S/C14H29NO/c1-2-3-4-5-6-7-9-13(15)12-14-10-8-11-16-14/h13-14H,2-12,15H2,1H3. The van der Waals surface area contributed by atoms with Crippen molar-refractivity contribution in [2.24, 2.45) is 5.73 Å². The van der Waals surface area contributed by atoms with Gasteiger partial charge >= 0.3 is 0 Å². The first kappa shape index (κ1) is 14.0. The maximum absolute atomic E-state index is 6.11. The van der Waals surface area contributed by atoms with Crippen molar-refractivity contribution >= 4 is 0 Å². The third kappa shape index (κ3) is 6.49. The molecule has 1 rings (SSSR count). The zero-order chi connectivity index (χ0) is 11.6. The lowest BCUT2D eigenvalue weighted by Crippen LogP contribution is -2.25. The summed E-state index contributed by atoms with van der Waals surface area (Å²) in [5, 5.41) is 0. The topological polar surface area (TPSA) is 35.2 Å². The maximum Gasteiger partial charge on any atom is 0.0590 e. The van der Waals surface area contributed by atoms with E-state index in [4.69, 9.17) is 10.5 Å². The fraction of sp³-hybridized carbons (Fsp3) is 1.00. The minimum atomic E-state index is 0.370. The fourth-order valence-electron chi connectivity index (χ4n) is 2.47. The van der Waals surface area contributed by atoms with E-state index in [1.807, 2.05) is 0 Å². The van der Waals surface area contributed by atoms with Crippen LogP contribution in [0.3, 0.4) is 0 Å². The number of ether oxygens (including phenoxy) is 1. The third-order valence-corrected chi connectivity index (χ3v) is 3.52. The molecular weight excluding hydrogens is 198 g/mol. The predicted octanol–water partition coefficient (Wildman–Crippen LogP) is 3.63. The summed E-state index contributed by atoms with van der Waals surface area (Å²) in [5.41, 5.74) is 6.11. The largest absolute Gasteiger partial charge is 0.378 e. The summed E-state index contributed by atoms with van der Waals surface area (Å²) in [7, 11) is 0. The lowest BCUT2D eigenvalue weighted by atomic mass is 10.0. The third-order valence-electron chi connectivity index (χ3n) is 3.52. The van der Waals surface area contributed by atoms with Crippen LogP contribution in [0.2, 0.25) is 0 Å². The van der Waals surface area contributed by atoms with Crippen LogP contribution in [0.5, 0.6) is 0 Å². The van der Waals surface area contributed by atoms with Gasteiger partial charge in [-0.05, 0) is 25.7 Å². The lowest BCUT2D eigenvalue weighted by Gasteiger charge is -2.15. The molecule has 0 aliphatic carbocycles. The molecule has 0 aromatic carbocycles. The molecule has 0 aromatic rings. The highest BCUT2D eigenvalue weighted by Gasteiger charge is 2.18. The number of nitrogens with two attached hydrogens (primary N) is 1. The summed E-state index contributed by atoms with van der Waals surface area (Å²) in [6.07, 6.45) is 13.4. The van der Waals surface area contributed by atoms with Gasteiger partial charge < -0.3 is 10.5 Å². The van der Waals surface area contributed by atoms with E-state index in [1.54, 1.807) is 0 Å². The zero-order valence-corrected chi connectivity index (χ0v) is 10.9. The Kier molecular flexibility index (Phi) is 7.87. The molecule has 0 bridgehead atoms. The summed E-state index contributed by atoms with van der Waals surface area (Å²) in [5.74, 6) is 0. The molecule has 1 aliphatic heterocycles. The fourth-order valence-corrected chi connectivity index (χ4v) is 2.47. The molecule has 0 amide bonds. The van der Waals surface area contributed by atoms with Crippen LogP contribution in [-0.4, -0.2) is 18.8 Å². The van der Waals surface area contributed by atoms with Crippen molar-refractivity contribution in [1.82, 2.24) is 0 Å². The van der Waals surface area contributed by atoms with Crippen molar-refractivity contribution in [3.8, 4) is 0 Å². The van der Waals surface area contributed by atoms with Crippen LogP contribution >= 0.6 is 0 Å². The molecule has 0 spiro atoms. The smallest absolute Gasteiger partial charge is 0.0590 e. The Morgan fingerprint density at radius 2 is 1.94 bits per heavy atom. The Labute approximate surface area is 101 Å². The summed E-state index contributed by atoms with van der Waals surface area (Å²) >= 11 is 0. The summed E-state index contributed by atoms with van der Waals surface area (Å²) < 4.78 is 5.60. The molecule has 1 fully saturated rings. The molecule has 2 atom stereocenters. The van der Waals surface area contributed by atoms with Gasteiger partial charge in [0.05, 0.1) is 6.10 Å². The number of hydrogen-bond donors (Lipinski definition) is 1. The van der Waals surface area contributed by atoms with Gasteiger partial charge in [0.2, 0.25) is 0 Å². The first-order valence-corrected chi connectivity index (χ1v) is 7.20. The van der Waals surface area contributed by atoms with Crippen molar-refractivity contribution in [2.45, 2.75) is 83.3 Å². The molecule has 16 heavy (non-hydrogen) atoms. The minimum absolute atomic E-state index is 0.370. The number of unbranched alkanes of at least 4 members (excludes halogenated alkanes) is 5. The summed E-state index contributed by atoms with van der Waals surface area (Å²) in [4.78, 5) is 0. The first-order valence-electron chi connectivity index (χ1n) is 7.20. The Morgan fingerprint density at radius 3 is 2.62 bits per heavy atom. The van der Waals surface area contributed by atoms with Gasteiger partial charge in [-0.3, -0.25) is 0 Å². The van der Waals surface area contributed by atoms with Gasteiger partial charge in [0.25, 0.3) is 0 Å². The van der Waals surface area contributed by atoms with Crippen LogP contribution in [0.4, 0.5) is 0 Å². The lowest BCUT2D eigenvalue weighted by molar-refractivity contribution is 0.0973. The van der Waals surface area contributed by atoms with E-state index in [2.05, 4.69) is 6.92 Å². The maximum atomic E-state index is 6.11. The van der Waals surface area contributed by atoms with Crippen LogP contribution in [0, 0.1) is 0 Å². The molecule has 1 saturated heterocycles. The molecule has 2 nitrogen and oxygen atoms in total. The van der Waals surface area contributed by atoms with E-state index < -0.39 is 0 Å². The van der Waals surface area contributed by atoms with Gasteiger partial charge in [-0.1, -0.05) is 45.4 Å². The molecule has 0 aromatic heterocycles. The zero-order valence-electron chi connectivity index (χ0n) is 10.9. The Hall–Kier alpha value is -0.0800. The molecule has 2 heteroatoms. The Balaban J connectivity index is 1.87. The average Bonchev–Trinajstić information content (AvgIpc) is 2.76. The Bertz CT molecular complexity index is 155. The van der Waals surface area contributed by atoms with Crippen molar-refractivity contribution in [3.63, 3.8) is 0 Å². The summed E-state index contributed by atoms with van der Waals surface area (Å²) in [6.45, 7) is 3.21. The quantitative estimate of drug-likeness (QED) is 0.610. The van der Waals surface area contributed by atoms with Gasteiger partial charge in [0, 0.05) is 12.6 Å². The molecule has 1 heterocycles. The van der Waals surface area contributed by atoms with Crippen molar-refractivity contribution in [3.05, 3.63) is 0 Å². The predicted molar refractivity (Wildman–Crippen MR) is 69.6 cm³/mol. The number of hydrogen-bond acceptors (Lipinski definition) is 2. The van der Waals surface area contributed by atoms with Crippen LogP contribution in [-0.2, 0) is 4.74 Å². The van der Waals surface area contributed by atoms with E-state index in [9.17, 15) is 0 Å². The van der Waals surface area contributed by atoms with E-state index >= 15 is 0 Å². The van der Waals surface area contributed by atoms with Crippen LogP contribution in [0.25, 0.3) is 0 Å². The van der Waals surface area contributed by atoms with Gasteiger partial charge in [0.1, 0.15) is 0 Å².